The Kier molecular flexibility index (Phi) is 5.91. The highest BCUT2D eigenvalue weighted by atomic mass is 35.5. The predicted molar refractivity (Wildman–Crippen MR) is 117 cm³/mol. The van der Waals surface area contributed by atoms with Gasteiger partial charge in [0, 0.05) is 24.0 Å². The first-order valence-electron chi connectivity index (χ1n) is 9.55. The van der Waals surface area contributed by atoms with Gasteiger partial charge in [0.15, 0.2) is 0 Å². The number of ether oxygens (including phenoxy) is 1. The van der Waals surface area contributed by atoms with Crippen LogP contribution in [-0.2, 0) is 6.42 Å². The monoisotopic (exact) mass is 425 g/mol. The third-order valence-corrected chi connectivity index (χ3v) is 5.86. The van der Waals surface area contributed by atoms with E-state index >= 15 is 0 Å². The van der Waals surface area contributed by atoms with Gasteiger partial charge in [-0.2, -0.15) is 0 Å². The molecule has 0 aromatic heterocycles. The number of hydrogen-bond acceptors (Lipinski definition) is 3. The largest absolute Gasteiger partial charge is 0.421 e. The van der Waals surface area contributed by atoms with Gasteiger partial charge in [-0.05, 0) is 66.6 Å². The molecule has 1 aliphatic heterocycles. The normalized spacial score (nSPS) is 16.7. The van der Waals surface area contributed by atoms with E-state index in [2.05, 4.69) is 36.2 Å². The zero-order chi connectivity index (χ0) is 20.4. The summed E-state index contributed by atoms with van der Waals surface area (Å²) in [6.07, 6.45) is 0.903. The molecule has 1 aliphatic rings. The summed E-state index contributed by atoms with van der Waals surface area (Å²) in [5, 5.41) is 1.02. The summed E-state index contributed by atoms with van der Waals surface area (Å²) in [4.78, 5) is 14.9. The molecular weight excluding hydrogens is 405 g/mol. The predicted octanol–water partition coefficient (Wildman–Crippen LogP) is 5.83. The Morgan fingerprint density at radius 3 is 2.48 bits per heavy atom. The summed E-state index contributed by atoms with van der Waals surface area (Å²) in [6.45, 7) is 1.85. The van der Waals surface area contributed by atoms with Crippen molar-refractivity contribution in [1.82, 2.24) is 4.90 Å². The van der Waals surface area contributed by atoms with E-state index in [1.165, 1.54) is 11.1 Å². The second-order valence-corrected chi connectivity index (χ2v) is 8.20. The Morgan fingerprint density at radius 1 is 1.03 bits per heavy atom. The number of hydrogen-bond donors (Lipinski definition) is 0. The van der Waals surface area contributed by atoms with E-state index in [0.717, 1.165) is 25.1 Å². The lowest BCUT2D eigenvalue weighted by molar-refractivity contribution is 0.0734. The van der Waals surface area contributed by atoms with Crippen molar-refractivity contribution in [2.24, 2.45) is 0 Å². The number of carbonyl (C=O) groups is 1. The van der Waals surface area contributed by atoms with E-state index in [1.54, 1.807) is 24.3 Å². The van der Waals surface area contributed by atoms with Crippen molar-refractivity contribution in [3.05, 3.63) is 99.0 Å². The molecule has 3 nitrogen and oxygen atoms in total. The second-order valence-electron chi connectivity index (χ2n) is 7.35. The Labute approximate surface area is 180 Å². The van der Waals surface area contributed by atoms with Crippen molar-refractivity contribution in [2.75, 3.05) is 20.1 Å². The molecule has 0 saturated carbocycles. The van der Waals surface area contributed by atoms with E-state index in [9.17, 15) is 4.79 Å². The fourth-order valence-corrected chi connectivity index (χ4v) is 4.11. The minimum Gasteiger partial charge on any atom is -0.421 e. The van der Waals surface area contributed by atoms with Crippen LogP contribution in [0.2, 0.25) is 10.0 Å². The second kappa shape index (κ2) is 8.58. The van der Waals surface area contributed by atoms with Crippen LogP contribution in [0, 0.1) is 0 Å². The minimum absolute atomic E-state index is 0.184. The number of likely N-dealkylation sites (N-methyl/N-ethyl adjacent to an activating group) is 1. The lowest BCUT2D eigenvalue weighted by Gasteiger charge is -2.22. The molecule has 0 amide bonds. The maximum atomic E-state index is 12.6. The van der Waals surface area contributed by atoms with E-state index in [1.807, 2.05) is 18.2 Å². The first-order chi connectivity index (χ1) is 14.0. The van der Waals surface area contributed by atoms with Gasteiger partial charge in [0.1, 0.15) is 5.75 Å². The van der Waals surface area contributed by atoms with E-state index < -0.39 is 5.97 Å². The Hall–Kier alpha value is -2.33. The molecule has 0 N–H and O–H groups in total. The SMILES string of the molecule is CN1CCc2cc(Cl)c(OC(=O)c3ccc(Cl)cc3)cc2[C@H](c2ccccc2)C1. The van der Waals surface area contributed by atoms with Crippen molar-refractivity contribution in [3.8, 4) is 5.75 Å². The Bertz CT molecular complexity index is 1020. The minimum atomic E-state index is -0.453. The molecule has 1 atom stereocenters. The van der Waals surface area contributed by atoms with Crippen LogP contribution in [-0.4, -0.2) is 31.0 Å². The first-order valence-corrected chi connectivity index (χ1v) is 10.3. The molecule has 3 aromatic rings. The number of benzene rings is 3. The molecule has 1 heterocycles. The van der Waals surface area contributed by atoms with Crippen LogP contribution < -0.4 is 4.74 Å². The van der Waals surface area contributed by atoms with Crippen molar-refractivity contribution in [1.29, 1.82) is 0 Å². The molecule has 0 radical (unpaired) electrons. The highest BCUT2D eigenvalue weighted by molar-refractivity contribution is 6.32. The summed E-state index contributed by atoms with van der Waals surface area (Å²) >= 11 is 12.4. The molecule has 5 heteroatoms. The van der Waals surface area contributed by atoms with Crippen LogP contribution in [0.5, 0.6) is 5.75 Å². The molecule has 3 aromatic carbocycles. The highest BCUT2D eigenvalue weighted by Gasteiger charge is 2.25. The summed E-state index contributed by atoms with van der Waals surface area (Å²) < 4.78 is 5.66. The number of carbonyl (C=O) groups excluding carboxylic acids is 1. The smallest absolute Gasteiger partial charge is 0.343 e. The number of rotatable bonds is 3. The molecular formula is C24H21Cl2NO2. The summed E-state index contributed by atoms with van der Waals surface area (Å²) in [7, 11) is 2.13. The molecule has 0 fully saturated rings. The zero-order valence-corrected chi connectivity index (χ0v) is 17.6. The Balaban J connectivity index is 1.71. The molecule has 29 heavy (non-hydrogen) atoms. The highest BCUT2D eigenvalue weighted by Crippen LogP contribution is 2.37. The quantitative estimate of drug-likeness (QED) is 0.390. The van der Waals surface area contributed by atoms with Crippen LogP contribution >= 0.6 is 23.2 Å². The average molecular weight is 426 g/mol. The van der Waals surface area contributed by atoms with Crippen molar-refractivity contribution >= 4 is 29.2 Å². The number of fused-ring (bicyclic) bond motifs is 1. The first kappa shape index (κ1) is 20.0. The summed E-state index contributed by atoms with van der Waals surface area (Å²) in [6, 6.07) is 20.9. The number of halogens is 2. The maximum Gasteiger partial charge on any atom is 0.343 e. The maximum absolute atomic E-state index is 12.6. The van der Waals surface area contributed by atoms with Gasteiger partial charge in [-0.15, -0.1) is 0 Å². The van der Waals surface area contributed by atoms with Crippen LogP contribution in [0.15, 0.2) is 66.7 Å². The number of esters is 1. The summed E-state index contributed by atoms with van der Waals surface area (Å²) in [5.41, 5.74) is 4.02. The number of nitrogens with zero attached hydrogens (tertiary/aromatic N) is 1. The molecule has 0 aliphatic carbocycles. The van der Waals surface area contributed by atoms with Gasteiger partial charge >= 0.3 is 5.97 Å². The van der Waals surface area contributed by atoms with E-state index in [-0.39, 0.29) is 5.92 Å². The molecule has 0 unspecified atom stereocenters. The van der Waals surface area contributed by atoms with Gasteiger partial charge in [0.05, 0.1) is 10.6 Å². The van der Waals surface area contributed by atoms with Crippen LogP contribution in [0.3, 0.4) is 0 Å². The topological polar surface area (TPSA) is 29.5 Å². The van der Waals surface area contributed by atoms with Gasteiger partial charge in [-0.25, -0.2) is 4.79 Å². The molecule has 0 spiro atoms. The zero-order valence-electron chi connectivity index (χ0n) is 16.1. The van der Waals surface area contributed by atoms with Crippen LogP contribution in [0.1, 0.15) is 33.0 Å². The van der Waals surface area contributed by atoms with Crippen molar-refractivity contribution in [3.63, 3.8) is 0 Å². The van der Waals surface area contributed by atoms with E-state index in [0.29, 0.717) is 21.4 Å². The molecule has 148 valence electrons. The standard InChI is InChI=1S/C24H21Cl2NO2/c1-27-12-11-18-13-22(26)23(29-24(28)17-7-9-19(25)10-8-17)14-20(18)21(15-27)16-5-3-2-4-6-16/h2-10,13-14,21H,11-12,15H2,1H3/t21-/m0/s1. The third-order valence-electron chi connectivity index (χ3n) is 5.31. The van der Waals surface area contributed by atoms with Gasteiger partial charge in [-0.3, -0.25) is 0 Å². The Morgan fingerprint density at radius 2 is 1.76 bits per heavy atom. The van der Waals surface area contributed by atoms with Crippen LogP contribution in [0.25, 0.3) is 0 Å². The van der Waals surface area contributed by atoms with Gasteiger partial charge in [-0.1, -0.05) is 53.5 Å². The third kappa shape index (κ3) is 4.48. The molecule has 4 rings (SSSR count). The molecule has 0 bridgehead atoms. The van der Waals surface area contributed by atoms with Crippen molar-refractivity contribution in [2.45, 2.75) is 12.3 Å². The van der Waals surface area contributed by atoms with Crippen LogP contribution in [0.4, 0.5) is 0 Å². The van der Waals surface area contributed by atoms with Gasteiger partial charge in [0.25, 0.3) is 0 Å². The average Bonchev–Trinajstić information content (AvgIpc) is 2.88. The fourth-order valence-electron chi connectivity index (χ4n) is 3.76. The van der Waals surface area contributed by atoms with Crippen molar-refractivity contribution < 1.29 is 9.53 Å². The van der Waals surface area contributed by atoms with Gasteiger partial charge in [0.2, 0.25) is 0 Å². The van der Waals surface area contributed by atoms with Gasteiger partial charge < -0.3 is 9.64 Å². The van der Waals surface area contributed by atoms with E-state index in [4.69, 9.17) is 27.9 Å². The lowest BCUT2D eigenvalue weighted by Crippen LogP contribution is -2.24. The fraction of sp³-hybridized carbons (Fsp3) is 0.208. The molecule has 0 saturated heterocycles. The lowest BCUT2D eigenvalue weighted by atomic mass is 9.88. The summed E-state index contributed by atoms with van der Waals surface area (Å²) in [5.74, 6) is 0.116.